The first-order valence-electron chi connectivity index (χ1n) is 6.18. The van der Waals surface area contributed by atoms with Crippen LogP contribution in [0.3, 0.4) is 0 Å². The van der Waals surface area contributed by atoms with Crippen molar-refractivity contribution < 1.29 is 13.3 Å². The number of aryl methyl sites for hydroxylation is 1. The van der Waals surface area contributed by atoms with Crippen LogP contribution in [-0.4, -0.2) is 10.1 Å². The molecule has 0 saturated carbocycles. The monoisotopic (exact) mass is 287 g/mol. The fourth-order valence-electron chi connectivity index (χ4n) is 2.16. The number of pyridine rings is 1. The molecule has 4 nitrogen and oxygen atoms in total. The molecule has 0 aliphatic rings. The average molecular weight is 287 g/mol. The minimum Gasteiger partial charge on any atom is -0.367 e. The molecule has 0 radical (unpaired) electrons. The number of nitrogens with two attached hydrogens (primary N) is 1. The van der Waals surface area contributed by atoms with E-state index in [1.165, 1.54) is 12.1 Å². The van der Waals surface area contributed by atoms with Crippen LogP contribution < -0.4 is 5.73 Å². The summed E-state index contributed by atoms with van der Waals surface area (Å²) in [5.41, 5.74) is 8.35. The van der Waals surface area contributed by atoms with Crippen molar-refractivity contribution in [1.82, 2.24) is 10.1 Å². The molecule has 2 heterocycles. The van der Waals surface area contributed by atoms with Crippen molar-refractivity contribution >= 4 is 5.88 Å². The standard InChI is InChI=1S/C15H11F2N3O/c1-8-2-10(7-19-6-8)14-13(15(18)21-20-14)9-3-11(16)5-12(17)4-9/h2-7H,18H2,1H3. The Kier molecular flexibility index (Phi) is 3.13. The van der Waals surface area contributed by atoms with Crippen molar-refractivity contribution in [3.63, 3.8) is 0 Å². The molecule has 2 N–H and O–H groups in total. The maximum atomic E-state index is 13.4. The first-order valence-corrected chi connectivity index (χ1v) is 6.18. The average Bonchev–Trinajstić information content (AvgIpc) is 2.79. The number of benzene rings is 1. The lowest BCUT2D eigenvalue weighted by atomic mass is 10.0. The Labute approximate surface area is 119 Å². The number of nitrogens with zero attached hydrogens (tertiary/aromatic N) is 2. The highest BCUT2D eigenvalue weighted by molar-refractivity contribution is 5.86. The summed E-state index contributed by atoms with van der Waals surface area (Å²) in [7, 11) is 0. The van der Waals surface area contributed by atoms with E-state index in [1.54, 1.807) is 12.4 Å². The van der Waals surface area contributed by atoms with Gasteiger partial charge in [-0.2, -0.15) is 0 Å². The van der Waals surface area contributed by atoms with Gasteiger partial charge in [0.25, 0.3) is 0 Å². The van der Waals surface area contributed by atoms with E-state index in [9.17, 15) is 8.78 Å². The molecule has 0 bridgehead atoms. The molecule has 2 aromatic heterocycles. The van der Waals surface area contributed by atoms with Crippen LogP contribution in [-0.2, 0) is 0 Å². The molecule has 0 fully saturated rings. The predicted octanol–water partition coefficient (Wildman–Crippen LogP) is 3.57. The first-order chi connectivity index (χ1) is 10.0. The number of hydrogen-bond acceptors (Lipinski definition) is 4. The van der Waals surface area contributed by atoms with Crippen molar-refractivity contribution in [1.29, 1.82) is 0 Å². The van der Waals surface area contributed by atoms with E-state index in [1.807, 2.05) is 13.0 Å². The minimum atomic E-state index is -0.695. The van der Waals surface area contributed by atoms with Gasteiger partial charge in [-0.05, 0) is 36.2 Å². The Morgan fingerprint density at radius 1 is 1.00 bits per heavy atom. The van der Waals surface area contributed by atoms with Crippen LogP contribution in [0.2, 0.25) is 0 Å². The van der Waals surface area contributed by atoms with Gasteiger partial charge in [0.15, 0.2) is 0 Å². The van der Waals surface area contributed by atoms with Crippen LogP contribution in [0.5, 0.6) is 0 Å². The molecule has 0 unspecified atom stereocenters. The van der Waals surface area contributed by atoms with E-state index in [2.05, 4.69) is 10.1 Å². The summed E-state index contributed by atoms with van der Waals surface area (Å²) in [6.45, 7) is 1.88. The Balaban J connectivity index is 2.22. The highest BCUT2D eigenvalue weighted by atomic mass is 19.1. The van der Waals surface area contributed by atoms with Gasteiger partial charge in [0.05, 0.1) is 5.56 Å². The Hall–Kier alpha value is -2.76. The van der Waals surface area contributed by atoms with Crippen LogP contribution in [0.25, 0.3) is 22.4 Å². The Bertz CT molecular complexity index is 794. The van der Waals surface area contributed by atoms with E-state index >= 15 is 0 Å². The third-order valence-corrected chi connectivity index (χ3v) is 3.02. The second kappa shape index (κ2) is 4.97. The van der Waals surface area contributed by atoms with E-state index in [0.717, 1.165) is 11.6 Å². The smallest absolute Gasteiger partial charge is 0.230 e. The molecule has 0 aliphatic heterocycles. The van der Waals surface area contributed by atoms with Gasteiger partial charge in [0, 0.05) is 24.0 Å². The normalized spacial score (nSPS) is 10.8. The van der Waals surface area contributed by atoms with Crippen LogP contribution in [0.1, 0.15) is 5.56 Å². The van der Waals surface area contributed by atoms with Crippen LogP contribution in [0.4, 0.5) is 14.7 Å². The number of anilines is 1. The van der Waals surface area contributed by atoms with Crippen LogP contribution in [0, 0.1) is 18.6 Å². The number of halogens is 2. The van der Waals surface area contributed by atoms with Crippen molar-refractivity contribution in [2.75, 3.05) is 5.73 Å². The zero-order chi connectivity index (χ0) is 15.0. The summed E-state index contributed by atoms with van der Waals surface area (Å²) in [6.07, 6.45) is 3.28. The number of hydrogen-bond donors (Lipinski definition) is 1. The number of nitrogen functional groups attached to an aromatic ring is 1. The molecule has 0 amide bonds. The molecular formula is C15H11F2N3O. The number of rotatable bonds is 2. The van der Waals surface area contributed by atoms with Crippen molar-refractivity contribution in [3.05, 3.63) is 53.9 Å². The Morgan fingerprint density at radius 3 is 2.38 bits per heavy atom. The van der Waals surface area contributed by atoms with Gasteiger partial charge in [-0.3, -0.25) is 4.98 Å². The summed E-state index contributed by atoms with van der Waals surface area (Å²) in [5.74, 6) is -1.39. The predicted molar refractivity (Wildman–Crippen MR) is 74.2 cm³/mol. The van der Waals surface area contributed by atoms with Crippen molar-refractivity contribution in [2.45, 2.75) is 6.92 Å². The molecular weight excluding hydrogens is 276 g/mol. The molecule has 3 rings (SSSR count). The largest absolute Gasteiger partial charge is 0.367 e. The summed E-state index contributed by atoms with van der Waals surface area (Å²) in [5, 5.41) is 3.88. The molecule has 1 aromatic carbocycles. The van der Waals surface area contributed by atoms with Gasteiger partial charge in [-0.1, -0.05) is 5.16 Å². The highest BCUT2D eigenvalue weighted by Gasteiger charge is 2.19. The van der Waals surface area contributed by atoms with Crippen LogP contribution in [0.15, 0.2) is 41.2 Å². The molecule has 3 aromatic rings. The van der Waals surface area contributed by atoms with Crippen molar-refractivity contribution in [3.8, 4) is 22.4 Å². The Morgan fingerprint density at radius 2 is 1.71 bits per heavy atom. The lowest BCUT2D eigenvalue weighted by molar-refractivity contribution is 0.439. The topological polar surface area (TPSA) is 64.9 Å². The van der Waals surface area contributed by atoms with Gasteiger partial charge < -0.3 is 10.3 Å². The third-order valence-electron chi connectivity index (χ3n) is 3.02. The van der Waals surface area contributed by atoms with E-state index in [4.69, 9.17) is 10.3 Å². The van der Waals surface area contributed by atoms with Gasteiger partial charge >= 0.3 is 0 Å². The van der Waals surface area contributed by atoms with Gasteiger partial charge in [0.2, 0.25) is 5.88 Å². The van der Waals surface area contributed by atoms with E-state index < -0.39 is 11.6 Å². The maximum Gasteiger partial charge on any atom is 0.230 e. The molecule has 0 spiro atoms. The second-order valence-electron chi connectivity index (χ2n) is 4.68. The zero-order valence-electron chi connectivity index (χ0n) is 11.1. The van der Waals surface area contributed by atoms with Gasteiger partial charge in [0.1, 0.15) is 17.3 Å². The lowest BCUT2D eigenvalue weighted by Crippen LogP contribution is -1.91. The molecule has 106 valence electrons. The molecule has 6 heteroatoms. The lowest BCUT2D eigenvalue weighted by Gasteiger charge is -2.04. The van der Waals surface area contributed by atoms with Gasteiger partial charge in [-0.25, -0.2) is 8.78 Å². The molecule has 21 heavy (non-hydrogen) atoms. The SMILES string of the molecule is Cc1cncc(-c2noc(N)c2-c2cc(F)cc(F)c2)c1. The second-order valence-corrected chi connectivity index (χ2v) is 4.68. The summed E-state index contributed by atoms with van der Waals surface area (Å²) in [6, 6.07) is 4.99. The van der Waals surface area contributed by atoms with E-state index in [0.29, 0.717) is 16.8 Å². The summed E-state index contributed by atoms with van der Waals surface area (Å²) >= 11 is 0. The molecule has 0 atom stereocenters. The fourth-order valence-corrected chi connectivity index (χ4v) is 2.16. The number of aromatic nitrogens is 2. The molecule has 0 aliphatic carbocycles. The van der Waals surface area contributed by atoms with E-state index in [-0.39, 0.29) is 11.4 Å². The molecule has 0 saturated heterocycles. The van der Waals surface area contributed by atoms with Crippen molar-refractivity contribution in [2.24, 2.45) is 0 Å². The third kappa shape index (κ3) is 2.47. The van der Waals surface area contributed by atoms with Crippen LogP contribution >= 0.6 is 0 Å². The first kappa shape index (κ1) is 13.2. The fraction of sp³-hybridized carbons (Fsp3) is 0.0667. The summed E-state index contributed by atoms with van der Waals surface area (Å²) < 4.78 is 31.8. The zero-order valence-corrected chi connectivity index (χ0v) is 11.1. The maximum absolute atomic E-state index is 13.4. The summed E-state index contributed by atoms with van der Waals surface area (Å²) in [4.78, 5) is 4.07. The minimum absolute atomic E-state index is 0.00324. The highest BCUT2D eigenvalue weighted by Crippen LogP contribution is 2.36. The van der Waals surface area contributed by atoms with Gasteiger partial charge in [-0.15, -0.1) is 0 Å². The quantitative estimate of drug-likeness (QED) is 0.782.